The fourth-order valence-corrected chi connectivity index (χ4v) is 4.98. The number of fused-ring (bicyclic) bond motifs is 1. The molecule has 1 aliphatic rings. The van der Waals surface area contributed by atoms with Gasteiger partial charge in [0.05, 0.1) is 16.5 Å². The third-order valence-corrected chi connectivity index (χ3v) is 6.96. The molecule has 1 aliphatic heterocycles. The van der Waals surface area contributed by atoms with Gasteiger partial charge in [-0.2, -0.15) is 0 Å². The van der Waals surface area contributed by atoms with Gasteiger partial charge in [0.1, 0.15) is 0 Å². The van der Waals surface area contributed by atoms with Crippen molar-refractivity contribution in [3.05, 3.63) is 22.7 Å². The summed E-state index contributed by atoms with van der Waals surface area (Å²) in [5, 5.41) is 0.972. The van der Waals surface area contributed by atoms with Gasteiger partial charge >= 0.3 is 0 Å². The predicted molar refractivity (Wildman–Crippen MR) is 95.2 cm³/mol. The maximum Gasteiger partial charge on any atom is 0.211 e. The number of halogens is 1. The molecule has 1 aromatic carbocycles. The molecule has 2 aromatic rings. The van der Waals surface area contributed by atoms with Crippen molar-refractivity contribution in [2.45, 2.75) is 18.9 Å². The van der Waals surface area contributed by atoms with Crippen LogP contribution in [0, 0.1) is 0 Å². The van der Waals surface area contributed by atoms with E-state index >= 15 is 0 Å². The number of piperidine rings is 1. The van der Waals surface area contributed by atoms with Crippen LogP contribution in [-0.4, -0.2) is 50.1 Å². The van der Waals surface area contributed by atoms with Crippen LogP contribution in [0.3, 0.4) is 0 Å². The number of anilines is 1. The molecule has 2 heterocycles. The second-order valence-corrected chi connectivity index (χ2v) is 9.60. The molecular weight excluding hydrogens is 386 g/mol. The first-order valence-electron chi connectivity index (χ1n) is 7.08. The molecule has 1 fully saturated rings. The third-order valence-electron chi connectivity index (χ3n) is 4.04. The first-order chi connectivity index (χ1) is 10.3. The summed E-state index contributed by atoms with van der Waals surface area (Å²) in [7, 11) is -1.49. The lowest BCUT2D eigenvalue weighted by Gasteiger charge is -2.36. The van der Waals surface area contributed by atoms with E-state index in [9.17, 15) is 8.42 Å². The molecule has 1 aromatic heterocycles. The Labute approximate surface area is 143 Å². The van der Waals surface area contributed by atoms with Crippen LogP contribution in [0.25, 0.3) is 10.2 Å². The number of benzene rings is 1. The number of rotatable bonds is 3. The number of nitrogens with zero attached hydrogens (tertiary/aromatic N) is 3. The summed E-state index contributed by atoms with van der Waals surface area (Å²) in [5.74, 6) is 0. The summed E-state index contributed by atoms with van der Waals surface area (Å²) in [6.45, 7) is 1.62. The lowest BCUT2D eigenvalue weighted by Crippen LogP contribution is -2.48. The minimum atomic E-state index is -3.15. The Morgan fingerprint density at radius 1 is 1.45 bits per heavy atom. The number of aromatic nitrogens is 1. The summed E-state index contributed by atoms with van der Waals surface area (Å²) >= 11 is 5.14. The van der Waals surface area contributed by atoms with Gasteiger partial charge in [0, 0.05) is 30.7 Å². The van der Waals surface area contributed by atoms with Gasteiger partial charge in [-0.3, -0.25) is 0 Å². The monoisotopic (exact) mass is 403 g/mol. The number of sulfonamides is 1. The van der Waals surface area contributed by atoms with Crippen LogP contribution in [0.15, 0.2) is 22.7 Å². The number of hydrogen-bond donors (Lipinski definition) is 0. The highest BCUT2D eigenvalue weighted by Gasteiger charge is 2.29. The first kappa shape index (κ1) is 16.2. The maximum absolute atomic E-state index is 11.7. The maximum atomic E-state index is 11.7. The molecule has 1 atom stereocenters. The number of hydrogen-bond acceptors (Lipinski definition) is 5. The van der Waals surface area contributed by atoms with Gasteiger partial charge in [0.15, 0.2) is 5.13 Å². The smallest absolute Gasteiger partial charge is 0.211 e. The van der Waals surface area contributed by atoms with E-state index in [-0.39, 0.29) is 6.04 Å². The Morgan fingerprint density at radius 2 is 2.23 bits per heavy atom. The first-order valence-corrected chi connectivity index (χ1v) is 10.5. The minimum Gasteiger partial charge on any atom is -0.346 e. The minimum absolute atomic E-state index is 0.0162. The molecule has 8 heteroatoms. The van der Waals surface area contributed by atoms with Crippen molar-refractivity contribution in [1.29, 1.82) is 0 Å². The van der Waals surface area contributed by atoms with Gasteiger partial charge < -0.3 is 4.90 Å². The van der Waals surface area contributed by atoms with Crippen molar-refractivity contribution in [3.63, 3.8) is 0 Å². The molecule has 1 unspecified atom stereocenters. The van der Waals surface area contributed by atoms with Gasteiger partial charge in [-0.25, -0.2) is 17.7 Å². The molecule has 120 valence electrons. The fourth-order valence-electron chi connectivity index (χ4n) is 2.72. The number of thiazole rings is 1. The molecular formula is C14H18BrN3O2S2. The zero-order valence-corrected chi connectivity index (χ0v) is 15.7. The molecule has 0 radical (unpaired) electrons. The van der Waals surface area contributed by atoms with E-state index in [4.69, 9.17) is 0 Å². The molecule has 22 heavy (non-hydrogen) atoms. The van der Waals surface area contributed by atoms with E-state index in [0.29, 0.717) is 6.54 Å². The largest absolute Gasteiger partial charge is 0.346 e. The van der Waals surface area contributed by atoms with Crippen molar-refractivity contribution in [2.75, 3.05) is 31.3 Å². The Kier molecular flexibility index (Phi) is 4.46. The normalized spacial score (nSPS) is 20.0. The van der Waals surface area contributed by atoms with Crippen molar-refractivity contribution in [2.24, 2.45) is 0 Å². The zero-order valence-electron chi connectivity index (χ0n) is 12.5. The molecule has 3 rings (SSSR count). The summed E-state index contributed by atoms with van der Waals surface area (Å²) < 4.78 is 27.2. The van der Waals surface area contributed by atoms with Crippen LogP contribution < -0.4 is 4.90 Å². The molecule has 0 bridgehead atoms. The van der Waals surface area contributed by atoms with Crippen molar-refractivity contribution in [1.82, 2.24) is 9.29 Å². The summed E-state index contributed by atoms with van der Waals surface area (Å²) in [6, 6.07) is 6.08. The number of likely N-dealkylation sites (N-methyl/N-ethyl adjacent to an activating group) is 1. The van der Waals surface area contributed by atoms with E-state index < -0.39 is 10.0 Å². The SMILES string of the molecule is CN(C1CCCN(c2nc3ccc(Br)cc3s2)C1)S(C)(=O)=O. The predicted octanol–water partition coefficient (Wildman–Crippen LogP) is 2.92. The highest BCUT2D eigenvalue weighted by Crippen LogP contribution is 2.32. The van der Waals surface area contributed by atoms with Gasteiger partial charge in [-0.05, 0) is 31.0 Å². The van der Waals surface area contributed by atoms with E-state index in [0.717, 1.165) is 39.2 Å². The van der Waals surface area contributed by atoms with Crippen LogP contribution in [0.4, 0.5) is 5.13 Å². The quantitative estimate of drug-likeness (QED) is 0.790. The molecule has 0 spiro atoms. The van der Waals surface area contributed by atoms with Crippen LogP contribution in [0.5, 0.6) is 0 Å². The third kappa shape index (κ3) is 3.29. The average Bonchev–Trinajstić information content (AvgIpc) is 2.88. The van der Waals surface area contributed by atoms with Gasteiger partial charge in [0.2, 0.25) is 10.0 Å². The van der Waals surface area contributed by atoms with E-state index in [1.165, 1.54) is 10.6 Å². The van der Waals surface area contributed by atoms with Crippen LogP contribution in [-0.2, 0) is 10.0 Å². The average molecular weight is 404 g/mol. The van der Waals surface area contributed by atoms with E-state index in [1.54, 1.807) is 18.4 Å². The topological polar surface area (TPSA) is 53.5 Å². The molecule has 0 aliphatic carbocycles. The van der Waals surface area contributed by atoms with Crippen LogP contribution in [0.1, 0.15) is 12.8 Å². The Balaban J connectivity index is 1.84. The van der Waals surface area contributed by atoms with Crippen LogP contribution in [0.2, 0.25) is 0 Å². The lowest BCUT2D eigenvalue weighted by molar-refractivity contribution is 0.322. The summed E-state index contributed by atoms with van der Waals surface area (Å²) in [6.07, 6.45) is 3.14. The highest BCUT2D eigenvalue weighted by molar-refractivity contribution is 9.10. The van der Waals surface area contributed by atoms with E-state index in [2.05, 4.69) is 31.9 Å². The lowest BCUT2D eigenvalue weighted by atomic mass is 10.1. The molecule has 5 nitrogen and oxygen atoms in total. The Hall–Kier alpha value is -0.700. The molecule has 0 saturated carbocycles. The summed E-state index contributed by atoms with van der Waals surface area (Å²) in [4.78, 5) is 6.89. The molecule has 1 saturated heterocycles. The van der Waals surface area contributed by atoms with Gasteiger partial charge in [-0.1, -0.05) is 27.3 Å². The Morgan fingerprint density at radius 3 is 2.95 bits per heavy atom. The Bertz CT molecular complexity index is 790. The van der Waals surface area contributed by atoms with Crippen molar-refractivity contribution >= 4 is 52.6 Å². The van der Waals surface area contributed by atoms with Gasteiger partial charge in [-0.15, -0.1) is 0 Å². The standard InChI is InChI=1S/C14H18BrN3O2S2/c1-17(22(2,19)20)11-4-3-7-18(9-11)14-16-12-6-5-10(15)8-13(12)21-14/h5-6,8,11H,3-4,7,9H2,1-2H3. The molecule has 0 N–H and O–H groups in total. The summed E-state index contributed by atoms with van der Waals surface area (Å²) in [5.41, 5.74) is 0.988. The highest BCUT2D eigenvalue weighted by atomic mass is 79.9. The van der Waals surface area contributed by atoms with Gasteiger partial charge in [0.25, 0.3) is 0 Å². The fraction of sp³-hybridized carbons (Fsp3) is 0.500. The van der Waals surface area contributed by atoms with Crippen molar-refractivity contribution in [3.8, 4) is 0 Å². The van der Waals surface area contributed by atoms with E-state index in [1.807, 2.05) is 12.1 Å². The van der Waals surface area contributed by atoms with Crippen LogP contribution >= 0.6 is 27.3 Å². The zero-order chi connectivity index (χ0) is 15.9. The van der Waals surface area contributed by atoms with Crippen molar-refractivity contribution < 1.29 is 8.42 Å². The second kappa shape index (κ2) is 6.07. The molecule has 0 amide bonds. The second-order valence-electron chi connectivity index (χ2n) is 5.63.